The first kappa shape index (κ1) is 30.1. The lowest BCUT2D eigenvalue weighted by molar-refractivity contribution is -0.145. The summed E-state index contributed by atoms with van der Waals surface area (Å²) in [6.45, 7) is 11.3. The van der Waals surface area contributed by atoms with Crippen molar-refractivity contribution >= 4 is 23.1 Å². The highest BCUT2D eigenvalue weighted by atomic mass is 16.6. The van der Waals surface area contributed by atoms with Crippen LogP contribution in [0.5, 0.6) is 5.75 Å². The van der Waals surface area contributed by atoms with Gasteiger partial charge in [-0.1, -0.05) is 40.2 Å². The third-order valence-corrected chi connectivity index (χ3v) is 9.11. The van der Waals surface area contributed by atoms with Gasteiger partial charge in [-0.2, -0.15) is 0 Å². The minimum absolute atomic E-state index is 0.0325. The number of fused-ring (bicyclic) bond motifs is 5. The van der Waals surface area contributed by atoms with Crippen LogP contribution in [0.1, 0.15) is 77.1 Å². The number of benzene rings is 1. The van der Waals surface area contributed by atoms with Gasteiger partial charge in [-0.3, -0.25) is 0 Å². The number of aryl methyl sites for hydroxylation is 2. The summed E-state index contributed by atoms with van der Waals surface area (Å²) < 4.78 is 16.5. The van der Waals surface area contributed by atoms with E-state index in [1.807, 2.05) is 23.1 Å². The van der Waals surface area contributed by atoms with Crippen LogP contribution < -0.4 is 10.1 Å². The molecule has 3 heterocycles. The monoisotopic (exact) mass is 578 g/mol. The highest BCUT2D eigenvalue weighted by molar-refractivity contribution is 5.77. The van der Waals surface area contributed by atoms with Gasteiger partial charge < -0.3 is 24.4 Å². The van der Waals surface area contributed by atoms with Gasteiger partial charge in [0.1, 0.15) is 17.9 Å². The molecule has 5 rings (SSSR count). The number of amides is 1. The van der Waals surface area contributed by atoms with Crippen LogP contribution in [0, 0.1) is 17.3 Å². The first-order valence-electron chi connectivity index (χ1n) is 15.4. The number of rotatable bonds is 2. The molecule has 42 heavy (non-hydrogen) atoms. The zero-order valence-corrected chi connectivity index (χ0v) is 25.8. The molecule has 2 aliphatic heterocycles. The summed E-state index contributed by atoms with van der Waals surface area (Å²) in [5.74, 6) is 1.13. The summed E-state index contributed by atoms with van der Waals surface area (Å²) >= 11 is 0. The lowest BCUT2D eigenvalue weighted by Gasteiger charge is -2.38. The second-order valence-corrected chi connectivity index (χ2v) is 13.3. The Bertz CT molecular complexity index is 1320. The molecule has 0 unspecified atom stereocenters. The molecule has 9 heteroatoms. The van der Waals surface area contributed by atoms with Gasteiger partial charge in [0.2, 0.25) is 0 Å². The van der Waals surface area contributed by atoms with E-state index < -0.39 is 18.2 Å². The summed E-state index contributed by atoms with van der Waals surface area (Å²) in [6.07, 6.45) is 7.92. The van der Waals surface area contributed by atoms with Crippen LogP contribution in [0.4, 0.5) is 4.79 Å². The molecular formula is C33H46N4O5. The van der Waals surface area contributed by atoms with Crippen molar-refractivity contribution in [3.05, 3.63) is 41.9 Å². The van der Waals surface area contributed by atoms with Gasteiger partial charge in [0, 0.05) is 18.3 Å². The zero-order chi connectivity index (χ0) is 30.0. The summed E-state index contributed by atoms with van der Waals surface area (Å²) in [5, 5.41) is 3.09. The maximum absolute atomic E-state index is 13.0. The molecule has 9 nitrogen and oxygen atoms in total. The van der Waals surface area contributed by atoms with Crippen LogP contribution in [0.15, 0.2) is 30.5 Å². The third-order valence-electron chi connectivity index (χ3n) is 9.11. The van der Waals surface area contributed by atoms with Crippen molar-refractivity contribution in [1.82, 2.24) is 20.2 Å². The van der Waals surface area contributed by atoms with Crippen molar-refractivity contribution in [3.8, 4) is 5.75 Å². The lowest BCUT2D eigenvalue weighted by Crippen LogP contribution is -2.51. The van der Waals surface area contributed by atoms with Crippen LogP contribution in [0.2, 0.25) is 0 Å². The summed E-state index contributed by atoms with van der Waals surface area (Å²) in [6, 6.07) is 4.99. The van der Waals surface area contributed by atoms with Crippen molar-refractivity contribution < 1.29 is 23.8 Å². The normalized spacial score (nSPS) is 27.5. The predicted molar refractivity (Wildman–Crippen MR) is 161 cm³/mol. The number of nitrogens with zero attached hydrogens (tertiary/aromatic N) is 3. The number of carbonyl (C=O) groups is 2. The molecule has 228 valence electrons. The minimum Gasteiger partial charge on any atom is -0.497 e. The quantitative estimate of drug-likeness (QED) is 0.460. The molecule has 2 fully saturated rings. The van der Waals surface area contributed by atoms with Crippen LogP contribution in [-0.4, -0.2) is 65.9 Å². The Morgan fingerprint density at radius 2 is 1.81 bits per heavy atom. The van der Waals surface area contributed by atoms with Crippen LogP contribution in [0.25, 0.3) is 11.0 Å². The first-order chi connectivity index (χ1) is 20.1. The van der Waals surface area contributed by atoms with E-state index in [9.17, 15) is 9.59 Å². The average molecular weight is 579 g/mol. The third kappa shape index (κ3) is 6.81. The van der Waals surface area contributed by atoms with Crippen molar-refractivity contribution in [3.63, 3.8) is 0 Å². The van der Waals surface area contributed by atoms with Crippen LogP contribution in [0.3, 0.4) is 0 Å². The first-order valence-corrected chi connectivity index (χ1v) is 15.4. The van der Waals surface area contributed by atoms with Gasteiger partial charge in [0.15, 0.2) is 0 Å². The Hall–Kier alpha value is -3.36. The number of alkyl carbamates (subject to hydrolysis) is 1. The molecule has 1 saturated heterocycles. The van der Waals surface area contributed by atoms with Gasteiger partial charge >= 0.3 is 12.1 Å². The van der Waals surface area contributed by atoms with E-state index in [2.05, 4.69) is 32.7 Å². The highest BCUT2D eigenvalue weighted by Gasteiger charge is 2.44. The number of ether oxygens (including phenoxy) is 3. The number of carbonyl (C=O) groups excluding carboxylic acids is 2. The number of nitrogens with one attached hydrogen (secondary N) is 1. The number of methoxy groups -OCH3 is 2. The Balaban J connectivity index is 1.44. The average Bonchev–Trinajstić information content (AvgIpc) is 3.54. The van der Waals surface area contributed by atoms with Gasteiger partial charge in [-0.25, -0.2) is 19.6 Å². The highest BCUT2D eigenvalue weighted by Crippen LogP contribution is 2.39. The van der Waals surface area contributed by atoms with Crippen molar-refractivity contribution in [2.24, 2.45) is 17.3 Å². The van der Waals surface area contributed by atoms with Crippen molar-refractivity contribution in [2.45, 2.75) is 96.7 Å². The maximum atomic E-state index is 13.0. The van der Waals surface area contributed by atoms with Gasteiger partial charge in [0.25, 0.3) is 0 Å². The van der Waals surface area contributed by atoms with Gasteiger partial charge in [-0.15, -0.1) is 0 Å². The zero-order valence-electron chi connectivity index (χ0n) is 25.8. The van der Waals surface area contributed by atoms with Gasteiger partial charge in [-0.05, 0) is 74.3 Å². The number of hydrogen-bond acceptors (Lipinski definition) is 8. The van der Waals surface area contributed by atoms with E-state index in [4.69, 9.17) is 24.2 Å². The molecule has 0 spiro atoms. The second-order valence-electron chi connectivity index (χ2n) is 13.3. The lowest BCUT2D eigenvalue weighted by atomic mass is 9.84. The molecule has 1 amide bonds. The SMILES string of the molecule is C=C1[C@H](C(C)(C)C)NC(=O)O[C@@H]2C[C@H]2CCCCCc2nc3ccc(OC)cc3nc2CC[C@@H]2C[C@@H](C(=O)OC)N1C2. The van der Waals surface area contributed by atoms with E-state index in [1.165, 1.54) is 7.11 Å². The molecule has 2 aromatic rings. The van der Waals surface area contributed by atoms with E-state index >= 15 is 0 Å². The molecule has 1 aliphatic carbocycles. The summed E-state index contributed by atoms with van der Waals surface area (Å²) in [7, 11) is 3.09. The van der Waals surface area contributed by atoms with E-state index in [0.717, 1.165) is 79.5 Å². The molecular weight excluding hydrogens is 532 g/mol. The standard InChI is InChI=1S/C33H46N4O5/c1-20-30(33(2,3)4)36-32(39)42-29-17-22(29)10-8-7-9-11-24-25(35-27-18-23(40-5)13-15-26(27)34-24)14-12-21-16-28(31(38)41-6)37(20)19-21/h13,15,18,21-22,28-30H,1,7-12,14,16-17,19H2,2-6H3,(H,36,39)/t21-,22-,28+,29-,30-/m1/s1. The molecule has 3 aliphatic rings. The van der Waals surface area contributed by atoms with Crippen LogP contribution in [-0.2, 0) is 27.1 Å². The predicted octanol–water partition coefficient (Wildman–Crippen LogP) is 5.59. The number of aromatic nitrogens is 2. The molecule has 1 aromatic heterocycles. The molecule has 1 N–H and O–H groups in total. The smallest absolute Gasteiger partial charge is 0.407 e. The Labute approximate surface area is 249 Å². The summed E-state index contributed by atoms with van der Waals surface area (Å²) in [5.41, 5.74) is 4.17. The van der Waals surface area contributed by atoms with Crippen molar-refractivity contribution in [2.75, 3.05) is 20.8 Å². The fraction of sp³-hybridized carbons (Fsp3) is 0.636. The fourth-order valence-electron chi connectivity index (χ4n) is 6.58. The Morgan fingerprint density at radius 3 is 2.55 bits per heavy atom. The molecule has 0 radical (unpaired) electrons. The largest absolute Gasteiger partial charge is 0.497 e. The van der Waals surface area contributed by atoms with E-state index in [-0.39, 0.29) is 23.4 Å². The minimum atomic E-state index is -0.458. The number of hydrogen-bond donors (Lipinski definition) is 1. The van der Waals surface area contributed by atoms with E-state index in [1.54, 1.807) is 7.11 Å². The summed E-state index contributed by atoms with van der Waals surface area (Å²) in [4.78, 5) is 38.1. The molecule has 1 saturated carbocycles. The Morgan fingerprint density at radius 1 is 1.05 bits per heavy atom. The van der Waals surface area contributed by atoms with E-state index in [0.29, 0.717) is 24.6 Å². The van der Waals surface area contributed by atoms with Crippen LogP contribution >= 0.6 is 0 Å². The maximum Gasteiger partial charge on any atom is 0.407 e. The molecule has 2 bridgehead atoms. The second kappa shape index (κ2) is 12.5. The molecule has 5 atom stereocenters. The van der Waals surface area contributed by atoms with Crippen molar-refractivity contribution in [1.29, 1.82) is 0 Å². The Kier molecular flexibility index (Phi) is 8.94. The molecule has 1 aromatic carbocycles. The topological polar surface area (TPSA) is 103 Å². The fourth-order valence-corrected chi connectivity index (χ4v) is 6.58. The van der Waals surface area contributed by atoms with Gasteiger partial charge in [0.05, 0.1) is 42.7 Å². The number of esters is 1.